The lowest BCUT2D eigenvalue weighted by molar-refractivity contribution is -0.137. The van der Waals surface area contributed by atoms with Crippen molar-refractivity contribution in [1.82, 2.24) is 20.0 Å². The van der Waals surface area contributed by atoms with Crippen molar-refractivity contribution < 1.29 is 14.4 Å². The summed E-state index contributed by atoms with van der Waals surface area (Å²) in [6.45, 7) is 6.01. The Morgan fingerprint density at radius 3 is 2.34 bits per heavy atom. The van der Waals surface area contributed by atoms with Crippen molar-refractivity contribution in [3.8, 4) is 0 Å². The van der Waals surface area contributed by atoms with E-state index in [9.17, 15) is 14.4 Å². The summed E-state index contributed by atoms with van der Waals surface area (Å²) in [6, 6.07) is 10.1. The lowest BCUT2D eigenvalue weighted by atomic mass is 9.86. The first-order chi connectivity index (χ1) is 15.5. The number of benzene rings is 1. The van der Waals surface area contributed by atoms with Gasteiger partial charge in [-0.2, -0.15) is 0 Å². The van der Waals surface area contributed by atoms with Crippen LogP contribution in [0, 0.1) is 11.8 Å². The maximum Gasteiger partial charge on any atom is 0.325 e. The Balaban J connectivity index is 1.14. The number of urea groups is 1. The van der Waals surface area contributed by atoms with Gasteiger partial charge >= 0.3 is 6.03 Å². The van der Waals surface area contributed by atoms with Gasteiger partial charge in [0, 0.05) is 44.7 Å². The fourth-order valence-electron chi connectivity index (χ4n) is 5.65. The quantitative estimate of drug-likeness (QED) is 0.716. The molecule has 1 spiro atoms. The van der Waals surface area contributed by atoms with Crippen LogP contribution in [0.5, 0.6) is 0 Å². The summed E-state index contributed by atoms with van der Waals surface area (Å²) >= 11 is 0. The number of nitrogens with one attached hydrogen (secondary N) is 1. The zero-order valence-corrected chi connectivity index (χ0v) is 19.0. The SMILES string of the molecule is C[C@H]1C[C@@H]1C(=O)N1CCC(N2C(=O)NC3(CCN(CCc4ccccc4)CC3)C2=O)CC1. The van der Waals surface area contributed by atoms with Crippen LogP contribution in [0.25, 0.3) is 0 Å². The summed E-state index contributed by atoms with van der Waals surface area (Å²) in [6.07, 6.45) is 4.70. The molecule has 4 fully saturated rings. The fourth-order valence-corrected chi connectivity index (χ4v) is 5.65. The van der Waals surface area contributed by atoms with Crippen LogP contribution < -0.4 is 5.32 Å². The highest BCUT2D eigenvalue weighted by atomic mass is 16.2. The zero-order valence-electron chi connectivity index (χ0n) is 19.0. The van der Waals surface area contributed by atoms with E-state index in [0.29, 0.717) is 44.7 Å². The predicted octanol–water partition coefficient (Wildman–Crippen LogP) is 2.26. The summed E-state index contributed by atoms with van der Waals surface area (Å²) < 4.78 is 0. The van der Waals surface area contributed by atoms with Crippen molar-refractivity contribution in [2.24, 2.45) is 11.8 Å². The number of nitrogens with zero attached hydrogens (tertiary/aromatic N) is 3. The average Bonchev–Trinajstić information content (AvgIpc) is 3.50. The molecule has 0 radical (unpaired) electrons. The molecule has 2 atom stereocenters. The third-order valence-electron chi connectivity index (χ3n) is 8.03. The van der Waals surface area contributed by atoms with Crippen LogP contribution in [0.15, 0.2) is 30.3 Å². The number of carbonyl (C=O) groups is 3. The molecule has 5 rings (SSSR count). The van der Waals surface area contributed by atoms with E-state index in [2.05, 4.69) is 41.4 Å². The van der Waals surface area contributed by atoms with Crippen LogP contribution in [0.1, 0.15) is 44.6 Å². The smallest absolute Gasteiger partial charge is 0.325 e. The van der Waals surface area contributed by atoms with Crippen LogP contribution in [0.3, 0.4) is 0 Å². The molecule has 32 heavy (non-hydrogen) atoms. The molecule has 7 heteroatoms. The molecule has 0 unspecified atom stereocenters. The molecule has 1 saturated carbocycles. The van der Waals surface area contributed by atoms with Crippen LogP contribution >= 0.6 is 0 Å². The number of amides is 4. The second kappa shape index (κ2) is 8.50. The van der Waals surface area contributed by atoms with E-state index in [1.165, 1.54) is 10.5 Å². The number of likely N-dealkylation sites (tertiary alicyclic amines) is 2. The molecule has 1 aromatic carbocycles. The second-order valence-corrected chi connectivity index (χ2v) is 10.1. The van der Waals surface area contributed by atoms with Gasteiger partial charge in [-0.3, -0.25) is 14.5 Å². The summed E-state index contributed by atoms with van der Waals surface area (Å²) in [5, 5.41) is 3.06. The predicted molar refractivity (Wildman–Crippen MR) is 121 cm³/mol. The molecule has 172 valence electrons. The van der Waals surface area contributed by atoms with Gasteiger partial charge in [0.15, 0.2) is 0 Å². The van der Waals surface area contributed by atoms with Crippen molar-refractivity contribution in [3.63, 3.8) is 0 Å². The van der Waals surface area contributed by atoms with E-state index in [-0.39, 0.29) is 29.8 Å². The van der Waals surface area contributed by atoms with Gasteiger partial charge in [0.1, 0.15) is 5.54 Å². The highest BCUT2D eigenvalue weighted by molar-refractivity contribution is 6.07. The minimum absolute atomic E-state index is 0.0502. The third kappa shape index (κ3) is 4.03. The molecule has 7 nitrogen and oxygen atoms in total. The van der Waals surface area contributed by atoms with E-state index >= 15 is 0 Å². The van der Waals surface area contributed by atoms with Gasteiger partial charge in [-0.1, -0.05) is 37.3 Å². The first-order valence-electron chi connectivity index (χ1n) is 12.2. The van der Waals surface area contributed by atoms with Crippen molar-refractivity contribution in [2.75, 3.05) is 32.7 Å². The number of rotatable bonds is 5. The molecule has 0 bridgehead atoms. The fraction of sp³-hybridized carbons (Fsp3) is 0.640. The third-order valence-corrected chi connectivity index (χ3v) is 8.03. The largest absolute Gasteiger partial charge is 0.342 e. The minimum atomic E-state index is -0.739. The number of piperidine rings is 2. The van der Waals surface area contributed by atoms with E-state index in [0.717, 1.165) is 32.5 Å². The van der Waals surface area contributed by atoms with Crippen LogP contribution in [-0.4, -0.2) is 76.8 Å². The summed E-state index contributed by atoms with van der Waals surface area (Å²) in [4.78, 5) is 44.5. The maximum atomic E-state index is 13.4. The van der Waals surface area contributed by atoms with Gasteiger partial charge < -0.3 is 15.1 Å². The molecule has 4 aliphatic rings. The molecule has 1 N–H and O–H groups in total. The first kappa shape index (κ1) is 21.4. The number of imide groups is 1. The average molecular weight is 439 g/mol. The Morgan fingerprint density at radius 2 is 1.72 bits per heavy atom. The van der Waals surface area contributed by atoms with Crippen molar-refractivity contribution >= 4 is 17.8 Å². The lowest BCUT2D eigenvalue weighted by Gasteiger charge is -2.39. The lowest BCUT2D eigenvalue weighted by Crippen LogP contribution is -2.56. The molecule has 3 aliphatic heterocycles. The monoisotopic (exact) mass is 438 g/mol. The van der Waals surface area contributed by atoms with Crippen molar-refractivity contribution in [3.05, 3.63) is 35.9 Å². The maximum absolute atomic E-state index is 13.4. The molecule has 1 aromatic rings. The van der Waals surface area contributed by atoms with Gasteiger partial charge in [-0.15, -0.1) is 0 Å². The topological polar surface area (TPSA) is 73.0 Å². The van der Waals surface area contributed by atoms with Gasteiger partial charge in [0.05, 0.1) is 0 Å². The molecular formula is C25H34N4O3. The van der Waals surface area contributed by atoms with Gasteiger partial charge in [-0.05, 0) is 50.0 Å². The van der Waals surface area contributed by atoms with Crippen LogP contribution in [0.4, 0.5) is 4.79 Å². The van der Waals surface area contributed by atoms with Crippen LogP contribution in [-0.2, 0) is 16.0 Å². The molecule has 3 heterocycles. The zero-order chi connectivity index (χ0) is 22.3. The Hall–Kier alpha value is -2.41. The Bertz CT molecular complexity index is 872. The highest BCUT2D eigenvalue weighted by Crippen LogP contribution is 2.40. The molecule has 3 saturated heterocycles. The normalized spacial score (nSPS) is 28.3. The number of hydrogen-bond donors (Lipinski definition) is 1. The van der Waals surface area contributed by atoms with Crippen molar-refractivity contribution in [2.45, 2.75) is 57.0 Å². The minimum Gasteiger partial charge on any atom is -0.342 e. The molecular weight excluding hydrogens is 404 g/mol. The Kier molecular flexibility index (Phi) is 5.70. The summed E-state index contributed by atoms with van der Waals surface area (Å²) in [5.41, 5.74) is 0.585. The molecule has 4 amide bonds. The standard InChI is InChI=1S/C25H34N4O3/c1-18-17-21(18)22(30)28-13-8-20(9-14-28)29-23(31)25(26-24(29)32)10-15-27(16-11-25)12-7-19-5-3-2-4-6-19/h2-6,18,20-21H,7-17H2,1H3,(H,26,32)/t18-,21-/m0/s1. The van der Waals surface area contributed by atoms with E-state index in [1.807, 2.05) is 11.0 Å². The van der Waals surface area contributed by atoms with Crippen molar-refractivity contribution in [1.29, 1.82) is 0 Å². The van der Waals surface area contributed by atoms with E-state index in [1.54, 1.807) is 0 Å². The Labute approximate surface area is 190 Å². The number of carbonyl (C=O) groups excluding carboxylic acids is 3. The van der Waals surface area contributed by atoms with E-state index in [4.69, 9.17) is 0 Å². The Morgan fingerprint density at radius 1 is 1.06 bits per heavy atom. The first-order valence-corrected chi connectivity index (χ1v) is 12.2. The van der Waals surface area contributed by atoms with Gasteiger partial charge in [-0.25, -0.2) is 4.79 Å². The van der Waals surface area contributed by atoms with E-state index < -0.39 is 5.54 Å². The number of hydrogen-bond acceptors (Lipinski definition) is 4. The molecule has 0 aromatic heterocycles. The van der Waals surface area contributed by atoms with Gasteiger partial charge in [0.2, 0.25) is 5.91 Å². The second-order valence-electron chi connectivity index (χ2n) is 10.1. The summed E-state index contributed by atoms with van der Waals surface area (Å²) in [7, 11) is 0. The molecule has 1 aliphatic carbocycles. The van der Waals surface area contributed by atoms with Gasteiger partial charge in [0.25, 0.3) is 5.91 Å². The summed E-state index contributed by atoms with van der Waals surface area (Å²) in [5.74, 6) is 0.904. The van der Waals surface area contributed by atoms with Crippen LogP contribution in [0.2, 0.25) is 0 Å². The highest BCUT2D eigenvalue weighted by Gasteiger charge is 2.54.